The lowest BCUT2D eigenvalue weighted by Gasteiger charge is -2.17. The van der Waals surface area contributed by atoms with Crippen molar-refractivity contribution >= 4 is 5.91 Å². The van der Waals surface area contributed by atoms with Crippen molar-refractivity contribution in [1.82, 2.24) is 14.7 Å². The Balaban J connectivity index is 1.28. The van der Waals surface area contributed by atoms with Gasteiger partial charge in [-0.2, -0.15) is 5.10 Å². The van der Waals surface area contributed by atoms with Gasteiger partial charge in [-0.1, -0.05) is 36.4 Å². The predicted molar refractivity (Wildman–Crippen MR) is 108 cm³/mol. The first-order chi connectivity index (χ1) is 13.7. The van der Waals surface area contributed by atoms with Crippen molar-refractivity contribution in [3.8, 4) is 5.75 Å². The van der Waals surface area contributed by atoms with Crippen LogP contribution in [-0.2, 0) is 30.7 Å². The van der Waals surface area contributed by atoms with Gasteiger partial charge in [-0.05, 0) is 48.1 Å². The smallest absolute Gasteiger partial charge is 0.260 e. The van der Waals surface area contributed by atoms with Crippen LogP contribution in [0.2, 0.25) is 0 Å². The van der Waals surface area contributed by atoms with E-state index in [2.05, 4.69) is 29.4 Å². The molecule has 1 aromatic heterocycles. The quantitative estimate of drug-likeness (QED) is 0.635. The van der Waals surface area contributed by atoms with E-state index in [1.807, 2.05) is 41.3 Å². The van der Waals surface area contributed by atoms with E-state index in [1.165, 1.54) is 23.1 Å². The van der Waals surface area contributed by atoms with Crippen molar-refractivity contribution in [2.24, 2.45) is 0 Å². The summed E-state index contributed by atoms with van der Waals surface area (Å²) in [5.74, 6) is 0.731. The van der Waals surface area contributed by atoms with Crippen molar-refractivity contribution in [1.29, 1.82) is 0 Å². The molecule has 5 heteroatoms. The summed E-state index contributed by atoms with van der Waals surface area (Å²) < 4.78 is 7.62. The standard InChI is InChI=1S/C23H25N3O2/c1-25(14-19-13-24-26(16-19)15-18-6-3-2-4-7-18)23(27)17-28-22-11-10-20-8-5-9-21(20)12-22/h2-4,6-7,10-13,16H,5,8-9,14-15,17H2,1H3. The molecule has 0 N–H and O–H groups in total. The maximum Gasteiger partial charge on any atom is 0.260 e. The zero-order valence-corrected chi connectivity index (χ0v) is 16.2. The number of rotatable bonds is 7. The van der Waals surface area contributed by atoms with E-state index in [0.29, 0.717) is 6.54 Å². The number of fused-ring (bicyclic) bond motifs is 1. The van der Waals surface area contributed by atoms with Crippen LogP contribution < -0.4 is 4.74 Å². The molecule has 144 valence electrons. The van der Waals surface area contributed by atoms with Crippen LogP contribution in [0, 0.1) is 0 Å². The van der Waals surface area contributed by atoms with Crippen LogP contribution in [0.5, 0.6) is 5.75 Å². The molecular weight excluding hydrogens is 350 g/mol. The number of aromatic nitrogens is 2. The van der Waals surface area contributed by atoms with Gasteiger partial charge in [0.25, 0.3) is 5.91 Å². The Morgan fingerprint density at radius 3 is 2.79 bits per heavy atom. The SMILES string of the molecule is CN(Cc1cnn(Cc2ccccc2)c1)C(=O)COc1ccc2c(c1)CCC2. The van der Waals surface area contributed by atoms with Crippen molar-refractivity contribution in [3.63, 3.8) is 0 Å². The third kappa shape index (κ3) is 4.42. The number of hydrogen-bond donors (Lipinski definition) is 0. The fourth-order valence-electron chi connectivity index (χ4n) is 3.60. The lowest BCUT2D eigenvalue weighted by Crippen LogP contribution is -2.30. The fraction of sp³-hybridized carbons (Fsp3) is 0.304. The van der Waals surface area contributed by atoms with Crippen LogP contribution >= 0.6 is 0 Å². The first kappa shape index (κ1) is 18.3. The predicted octanol–water partition coefficient (Wildman–Crippen LogP) is 3.46. The van der Waals surface area contributed by atoms with E-state index < -0.39 is 0 Å². The van der Waals surface area contributed by atoms with Gasteiger partial charge < -0.3 is 9.64 Å². The average molecular weight is 375 g/mol. The summed E-state index contributed by atoms with van der Waals surface area (Å²) in [7, 11) is 1.79. The van der Waals surface area contributed by atoms with Gasteiger partial charge >= 0.3 is 0 Å². The number of ether oxygens (including phenoxy) is 1. The molecule has 5 nitrogen and oxygen atoms in total. The highest BCUT2D eigenvalue weighted by Crippen LogP contribution is 2.26. The normalized spacial score (nSPS) is 12.6. The molecule has 0 bridgehead atoms. The van der Waals surface area contributed by atoms with E-state index in [9.17, 15) is 4.79 Å². The van der Waals surface area contributed by atoms with E-state index >= 15 is 0 Å². The van der Waals surface area contributed by atoms with Gasteiger partial charge in [0, 0.05) is 25.4 Å². The van der Waals surface area contributed by atoms with Crippen molar-refractivity contribution in [2.45, 2.75) is 32.4 Å². The number of carbonyl (C=O) groups excluding carboxylic acids is 1. The zero-order chi connectivity index (χ0) is 19.3. The second kappa shape index (κ2) is 8.30. The van der Waals surface area contributed by atoms with Gasteiger partial charge in [0.1, 0.15) is 5.75 Å². The third-order valence-corrected chi connectivity index (χ3v) is 5.15. The molecule has 0 radical (unpaired) electrons. The maximum atomic E-state index is 12.4. The molecule has 4 rings (SSSR count). The van der Waals surface area contributed by atoms with Gasteiger partial charge in [0.15, 0.2) is 6.61 Å². The molecule has 0 fully saturated rings. The highest BCUT2D eigenvalue weighted by Gasteiger charge is 2.14. The Hall–Kier alpha value is -3.08. The number of hydrogen-bond acceptors (Lipinski definition) is 3. The molecule has 0 atom stereocenters. The summed E-state index contributed by atoms with van der Waals surface area (Å²) in [6, 6.07) is 16.4. The van der Waals surface area contributed by atoms with Crippen molar-refractivity contribution in [2.75, 3.05) is 13.7 Å². The molecule has 1 heterocycles. The largest absolute Gasteiger partial charge is 0.484 e. The monoisotopic (exact) mass is 375 g/mol. The van der Waals surface area contributed by atoms with Crippen LogP contribution in [0.15, 0.2) is 60.9 Å². The lowest BCUT2D eigenvalue weighted by molar-refractivity contribution is -0.132. The molecule has 1 amide bonds. The van der Waals surface area contributed by atoms with Gasteiger partial charge in [0.2, 0.25) is 0 Å². The van der Waals surface area contributed by atoms with Crippen LogP contribution in [0.1, 0.15) is 28.7 Å². The Labute approximate surface area is 165 Å². The summed E-state index contributed by atoms with van der Waals surface area (Å²) in [6.45, 7) is 1.29. The first-order valence-corrected chi connectivity index (χ1v) is 9.71. The number of nitrogens with zero attached hydrogens (tertiary/aromatic N) is 3. The number of likely N-dealkylation sites (N-methyl/N-ethyl adjacent to an activating group) is 1. The number of aryl methyl sites for hydroxylation is 2. The lowest BCUT2D eigenvalue weighted by atomic mass is 10.1. The summed E-state index contributed by atoms with van der Waals surface area (Å²) >= 11 is 0. The maximum absolute atomic E-state index is 12.4. The fourth-order valence-corrected chi connectivity index (χ4v) is 3.60. The molecule has 2 aromatic carbocycles. The number of amides is 1. The number of carbonyl (C=O) groups is 1. The Morgan fingerprint density at radius 2 is 1.93 bits per heavy atom. The number of benzene rings is 2. The van der Waals surface area contributed by atoms with E-state index in [0.717, 1.165) is 30.7 Å². The summed E-state index contributed by atoms with van der Waals surface area (Å²) in [6.07, 6.45) is 7.26. The highest BCUT2D eigenvalue weighted by molar-refractivity contribution is 5.77. The summed E-state index contributed by atoms with van der Waals surface area (Å²) in [5.41, 5.74) is 4.96. The first-order valence-electron chi connectivity index (χ1n) is 9.71. The van der Waals surface area contributed by atoms with Gasteiger partial charge in [-0.3, -0.25) is 9.48 Å². The topological polar surface area (TPSA) is 47.4 Å². The minimum atomic E-state index is -0.0451. The van der Waals surface area contributed by atoms with Crippen molar-refractivity contribution < 1.29 is 9.53 Å². The molecule has 0 spiro atoms. The molecule has 1 aliphatic rings. The second-order valence-electron chi connectivity index (χ2n) is 7.35. The Kier molecular flexibility index (Phi) is 5.42. The van der Waals surface area contributed by atoms with Crippen molar-refractivity contribution in [3.05, 3.63) is 83.2 Å². The minimum Gasteiger partial charge on any atom is -0.484 e. The van der Waals surface area contributed by atoms with Crippen LogP contribution in [-0.4, -0.2) is 34.2 Å². The van der Waals surface area contributed by atoms with E-state index in [-0.39, 0.29) is 12.5 Å². The molecule has 3 aromatic rings. The second-order valence-corrected chi connectivity index (χ2v) is 7.35. The van der Waals surface area contributed by atoms with Gasteiger partial charge in [-0.15, -0.1) is 0 Å². The summed E-state index contributed by atoms with van der Waals surface area (Å²) in [5, 5.41) is 4.40. The average Bonchev–Trinajstić information content (AvgIpc) is 3.35. The highest BCUT2D eigenvalue weighted by atomic mass is 16.5. The molecule has 0 saturated carbocycles. The van der Waals surface area contributed by atoms with Crippen LogP contribution in [0.4, 0.5) is 0 Å². The molecule has 1 aliphatic carbocycles. The molecule has 0 aliphatic heterocycles. The zero-order valence-electron chi connectivity index (χ0n) is 16.2. The van der Waals surface area contributed by atoms with Gasteiger partial charge in [-0.25, -0.2) is 0 Å². The minimum absolute atomic E-state index is 0.0451. The van der Waals surface area contributed by atoms with Crippen LogP contribution in [0.25, 0.3) is 0 Å². The molecule has 0 unspecified atom stereocenters. The molecule has 0 saturated heterocycles. The summed E-state index contributed by atoms with van der Waals surface area (Å²) in [4.78, 5) is 14.1. The van der Waals surface area contributed by atoms with Crippen LogP contribution in [0.3, 0.4) is 0 Å². The molecular formula is C23H25N3O2. The van der Waals surface area contributed by atoms with E-state index in [1.54, 1.807) is 11.9 Å². The molecule has 28 heavy (non-hydrogen) atoms. The third-order valence-electron chi connectivity index (χ3n) is 5.15. The Morgan fingerprint density at radius 1 is 1.11 bits per heavy atom. The Bertz CT molecular complexity index is 949. The van der Waals surface area contributed by atoms with Gasteiger partial charge in [0.05, 0.1) is 12.7 Å². The van der Waals surface area contributed by atoms with E-state index in [4.69, 9.17) is 4.74 Å².